The molecular weight excluding hydrogens is 416 g/mol. The van der Waals surface area contributed by atoms with Crippen LogP contribution in [0.25, 0.3) is 11.3 Å². The Bertz CT molecular complexity index is 1180. The molecule has 1 aliphatic carbocycles. The Hall–Kier alpha value is -3.13. The van der Waals surface area contributed by atoms with E-state index in [1.54, 1.807) is 13.0 Å². The molecule has 2 aliphatic rings. The number of carbonyl (C=O) groups excluding carboxylic acids is 2. The molecule has 0 bridgehead atoms. The number of hydrogen-bond acceptors (Lipinski definition) is 7. The number of carbonyl (C=O) groups is 2. The number of fused-ring (bicyclic) bond motifs is 2. The summed E-state index contributed by atoms with van der Waals surface area (Å²) in [6, 6.07) is 7.42. The summed E-state index contributed by atoms with van der Waals surface area (Å²) in [6.07, 6.45) is 3.74. The van der Waals surface area contributed by atoms with Crippen molar-refractivity contribution >= 4 is 28.2 Å². The Morgan fingerprint density at radius 1 is 1.29 bits per heavy atom. The van der Waals surface area contributed by atoms with Gasteiger partial charge in [-0.2, -0.15) is 0 Å². The number of rotatable bonds is 5. The summed E-state index contributed by atoms with van der Waals surface area (Å²) in [7, 11) is 0. The minimum Gasteiger partial charge on any atom is -0.490 e. The average Bonchev–Trinajstić information content (AvgIpc) is 3.50. The molecule has 1 aliphatic heterocycles. The number of benzene rings is 1. The maximum absolute atomic E-state index is 12.8. The number of aryl methyl sites for hydroxylation is 1. The molecule has 5 rings (SSSR count). The summed E-state index contributed by atoms with van der Waals surface area (Å²) in [6.45, 7) is 4.08. The molecule has 0 spiro atoms. The van der Waals surface area contributed by atoms with Crippen molar-refractivity contribution in [2.24, 2.45) is 0 Å². The quantitative estimate of drug-likeness (QED) is 0.584. The third-order valence-corrected chi connectivity index (χ3v) is 6.76. The van der Waals surface area contributed by atoms with Crippen LogP contribution in [0.15, 0.2) is 28.8 Å². The zero-order chi connectivity index (χ0) is 21.5. The molecule has 160 valence electrons. The van der Waals surface area contributed by atoms with Crippen LogP contribution in [-0.4, -0.2) is 29.7 Å². The van der Waals surface area contributed by atoms with Crippen molar-refractivity contribution in [1.82, 2.24) is 5.16 Å². The fourth-order valence-electron chi connectivity index (χ4n) is 4.17. The van der Waals surface area contributed by atoms with E-state index in [2.05, 4.69) is 10.5 Å². The molecule has 0 fully saturated rings. The summed E-state index contributed by atoms with van der Waals surface area (Å²) < 4.78 is 16.4. The largest absolute Gasteiger partial charge is 0.490 e. The highest BCUT2D eigenvalue weighted by molar-refractivity contribution is 7.17. The summed E-state index contributed by atoms with van der Waals surface area (Å²) >= 11 is 1.44. The topological polar surface area (TPSA) is 90.7 Å². The van der Waals surface area contributed by atoms with Gasteiger partial charge in [-0.25, -0.2) is 4.79 Å². The molecular formula is C23H22N2O5S. The predicted octanol–water partition coefficient (Wildman–Crippen LogP) is 4.64. The van der Waals surface area contributed by atoms with Crippen molar-refractivity contribution < 1.29 is 23.6 Å². The number of anilines is 1. The number of esters is 1. The lowest BCUT2D eigenvalue weighted by atomic mass is 10.1. The van der Waals surface area contributed by atoms with E-state index in [-0.39, 0.29) is 18.4 Å². The summed E-state index contributed by atoms with van der Waals surface area (Å²) in [5, 5.41) is 7.30. The van der Waals surface area contributed by atoms with Gasteiger partial charge >= 0.3 is 5.97 Å². The molecule has 0 unspecified atom stereocenters. The smallest absolute Gasteiger partial charge is 0.341 e. The van der Waals surface area contributed by atoms with Crippen molar-refractivity contribution in [2.75, 3.05) is 11.9 Å². The molecule has 1 aromatic carbocycles. The molecule has 0 saturated heterocycles. The van der Waals surface area contributed by atoms with Crippen LogP contribution in [0.5, 0.6) is 5.75 Å². The summed E-state index contributed by atoms with van der Waals surface area (Å²) in [5.74, 6) is 0.573. The van der Waals surface area contributed by atoms with Gasteiger partial charge in [0.2, 0.25) is 0 Å². The van der Waals surface area contributed by atoms with Crippen molar-refractivity contribution in [1.29, 1.82) is 0 Å². The Kier molecular flexibility index (Phi) is 5.02. The van der Waals surface area contributed by atoms with Gasteiger partial charge in [-0.05, 0) is 62.4 Å². The molecule has 1 N–H and O–H groups in total. The highest BCUT2D eigenvalue weighted by Crippen LogP contribution is 2.40. The summed E-state index contributed by atoms with van der Waals surface area (Å²) in [5.41, 5.74) is 3.58. The normalized spacial score (nSPS) is 16.5. The van der Waals surface area contributed by atoms with Gasteiger partial charge < -0.3 is 19.3 Å². The number of ether oxygens (including phenoxy) is 2. The van der Waals surface area contributed by atoms with E-state index in [0.717, 1.165) is 53.0 Å². The second-order valence-corrected chi connectivity index (χ2v) is 8.87. The first-order valence-electron chi connectivity index (χ1n) is 10.4. The molecule has 3 heterocycles. The first kappa shape index (κ1) is 19.8. The van der Waals surface area contributed by atoms with E-state index in [1.807, 2.05) is 25.1 Å². The maximum Gasteiger partial charge on any atom is 0.341 e. The van der Waals surface area contributed by atoms with Crippen molar-refractivity contribution in [3.63, 3.8) is 0 Å². The van der Waals surface area contributed by atoms with Crippen LogP contribution in [-0.2, 0) is 24.0 Å². The number of nitrogens with zero attached hydrogens (tertiary/aromatic N) is 1. The van der Waals surface area contributed by atoms with E-state index in [0.29, 0.717) is 16.3 Å². The highest BCUT2D eigenvalue weighted by Gasteiger charge is 2.29. The lowest BCUT2D eigenvalue weighted by Gasteiger charge is -2.06. The molecule has 0 radical (unpaired) electrons. The Morgan fingerprint density at radius 2 is 2.16 bits per heavy atom. The van der Waals surface area contributed by atoms with Crippen LogP contribution >= 0.6 is 11.3 Å². The first-order valence-corrected chi connectivity index (χ1v) is 11.2. The third-order valence-electron chi connectivity index (χ3n) is 5.55. The van der Waals surface area contributed by atoms with E-state index in [4.69, 9.17) is 14.0 Å². The molecule has 1 atom stereocenters. The van der Waals surface area contributed by atoms with Gasteiger partial charge in [-0.15, -0.1) is 11.3 Å². The molecule has 1 amide bonds. The van der Waals surface area contributed by atoms with Crippen molar-refractivity contribution in [3.8, 4) is 17.1 Å². The molecule has 8 heteroatoms. The molecule has 3 aromatic rings. The lowest BCUT2D eigenvalue weighted by Crippen LogP contribution is -2.15. The first-order chi connectivity index (χ1) is 15.0. The van der Waals surface area contributed by atoms with Crippen molar-refractivity contribution in [3.05, 3.63) is 51.5 Å². The molecule has 2 aromatic heterocycles. The van der Waals surface area contributed by atoms with Gasteiger partial charge in [-0.3, -0.25) is 4.79 Å². The van der Waals surface area contributed by atoms with Gasteiger partial charge in [0.1, 0.15) is 16.9 Å². The lowest BCUT2D eigenvalue weighted by molar-refractivity contribution is 0.0527. The standard InChI is InChI=1S/C23H22N2O5S/c1-3-28-23(27)20-15-5-4-6-19(15)31-22(20)24-21(26)16-11-18(30-25-16)13-7-8-17-14(10-13)9-12(2)29-17/h7-8,10-12H,3-6,9H2,1-2H3,(H,24,26)/t12-/m1/s1. The molecule has 7 nitrogen and oxygen atoms in total. The van der Waals surface area contributed by atoms with Gasteiger partial charge in [0.25, 0.3) is 5.91 Å². The fourth-order valence-corrected chi connectivity index (χ4v) is 5.44. The van der Waals surface area contributed by atoms with Crippen LogP contribution < -0.4 is 10.1 Å². The van der Waals surface area contributed by atoms with Gasteiger partial charge in [-0.1, -0.05) is 5.16 Å². The molecule has 0 saturated carbocycles. The predicted molar refractivity (Wildman–Crippen MR) is 116 cm³/mol. The van der Waals surface area contributed by atoms with Crippen LogP contribution in [0.2, 0.25) is 0 Å². The van der Waals surface area contributed by atoms with Gasteiger partial charge in [0, 0.05) is 22.9 Å². The number of thiophene rings is 1. The number of nitrogens with one attached hydrogen (secondary N) is 1. The fraction of sp³-hybridized carbons (Fsp3) is 0.348. The highest BCUT2D eigenvalue weighted by atomic mass is 32.1. The Balaban J connectivity index is 1.38. The number of aromatic nitrogens is 1. The summed E-state index contributed by atoms with van der Waals surface area (Å²) in [4.78, 5) is 26.5. The van der Waals surface area contributed by atoms with Crippen LogP contribution in [0.4, 0.5) is 5.00 Å². The zero-order valence-electron chi connectivity index (χ0n) is 17.3. The van der Waals surface area contributed by atoms with E-state index in [9.17, 15) is 9.59 Å². The Morgan fingerprint density at radius 3 is 3.00 bits per heavy atom. The third kappa shape index (κ3) is 3.61. The molecule has 31 heavy (non-hydrogen) atoms. The Labute approximate surface area is 183 Å². The SMILES string of the molecule is CCOC(=O)c1c(NC(=O)c2cc(-c3ccc4c(c3)C[C@@H](C)O4)on2)sc2c1CCC2. The van der Waals surface area contributed by atoms with Gasteiger partial charge in [0.05, 0.1) is 12.2 Å². The van der Waals surface area contributed by atoms with E-state index >= 15 is 0 Å². The van der Waals surface area contributed by atoms with Crippen LogP contribution in [0, 0.1) is 0 Å². The van der Waals surface area contributed by atoms with Crippen molar-refractivity contribution in [2.45, 2.75) is 45.6 Å². The monoisotopic (exact) mass is 438 g/mol. The minimum atomic E-state index is -0.418. The number of hydrogen-bond donors (Lipinski definition) is 1. The van der Waals surface area contributed by atoms with Crippen LogP contribution in [0.1, 0.15) is 57.1 Å². The van der Waals surface area contributed by atoms with E-state index in [1.165, 1.54) is 11.3 Å². The van der Waals surface area contributed by atoms with E-state index < -0.39 is 11.9 Å². The second-order valence-electron chi connectivity index (χ2n) is 7.77. The second kappa shape index (κ2) is 7.85. The van der Waals surface area contributed by atoms with Gasteiger partial charge in [0.15, 0.2) is 11.5 Å². The van der Waals surface area contributed by atoms with Crippen LogP contribution in [0.3, 0.4) is 0 Å². The minimum absolute atomic E-state index is 0.155. The number of amides is 1. The average molecular weight is 439 g/mol. The zero-order valence-corrected chi connectivity index (χ0v) is 18.1. The maximum atomic E-state index is 12.8.